The number of aromatic amines is 1. The molecule has 0 radical (unpaired) electrons. The molecule has 0 saturated heterocycles. The van der Waals surface area contributed by atoms with Gasteiger partial charge in [0, 0.05) is 22.8 Å². The zero-order chi connectivity index (χ0) is 19.3. The van der Waals surface area contributed by atoms with E-state index in [4.69, 9.17) is 4.74 Å². The van der Waals surface area contributed by atoms with Gasteiger partial charge in [0.05, 0.1) is 0 Å². The molecular weight excluding hydrogens is 352 g/mol. The number of amides is 1. The molecule has 0 saturated carbocycles. The summed E-state index contributed by atoms with van der Waals surface area (Å²) in [5.41, 5.74) is 2.14. The second-order valence-corrected chi connectivity index (χ2v) is 6.33. The third kappa shape index (κ3) is 3.78. The minimum Gasteiger partial charge on any atom is -0.489 e. The zero-order valence-corrected chi connectivity index (χ0v) is 15.0. The Hall–Kier alpha value is -3.86. The van der Waals surface area contributed by atoms with Crippen molar-refractivity contribution in [2.45, 2.75) is 6.61 Å². The molecule has 0 aliphatic carbocycles. The van der Waals surface area contributed by atoms with Crippen LogP contribution < -0.4 is 15.5 Å². The second kappa shape index (κ2) is 7.80. The van der Waals surface area contributed by atoms with Crippen LogP contribution in [0, 0.1) is 0 Å². The summed E-state index contributed by atoms with van der Waals surface area (Å²) in [6.45, 7) is 0.471. The summed E-state index contributed by atoms with van der Waals surface area (Å²) in [5.74, 6) is 0.246. The molecule has 138 valence electrons. The summed E-state index contributed by atoms with van der Waals surface area (Å²) >= 11 is 0. The highest BCUT2D eigenvalue weighted by Gasteiger charge is 2.13. The summed E-state index contributed by atoms with van der Waals surface area (Å²) in [6, 6.07) is 24.0. The lowest BCUT2D eigenvalue weighted by Crippen LogP contribution is -2.21. The maximum Gasteiger partial charge on any atom is 0.261 e. The molecule has 4 aromatic rings. The van der Waals surface area contributed by atoms with Crippen LogP contribution in [0.25, 0.3) is 10.9 Å². The number of ether oxygens (including phenoxy) is 1. The van der Waals surface area contributed by atoms with Crippen molar-refractivity contribution in [3.8, 4) is 5.75 Å². The highest BCUT2D eigenvalue weighted by molar-refractivity contribution is 6.05. The molecule has 3 aromatic carbocycles. The molecular formula is C23H18N2O3. The van der Waals surface area contributed by atoms with E-state index in [0.29, 0.717) is 28.9 Å². The summed E-state index contributed by atoms with van der Waals surface area (Å²) < 4.78 is 5.74. The van der Waals surface area contributed by atoms with E-state index in [1.165, 1.54) is 6.20 Å². The minimum atomic E-state index is -0.454. The highest BCUT2D eigenvalue weighted by Crippen LogP contribution is 2.18. The Kier molecular flexibility index (Phi) is 4.89. The van der Waals surface area contributed by atoms with Crippen LogP contribution in [0.4, 0.5) is 5.69 Å². The summed E-state index contributed by atoms with van der Waals surface area (Å²) in [7, 11) is 0. The maximum atomic E-state index is 12.5. The molecule has 1 aromatic heterocycles. The molecule has 1 heterocycles. The van der Waals surface area contributed by atoms with E-state index in [9.17, 15) is 9.59 Å². The van der Waals surface area contributed by atoms with Crippen molar-refractivity contribution < 1.29 is 9.53 Å². The van der Waals surface area contributed by atoms with Crippen molar-refractivity contribution in [3.63, 3.8) is 0 Å². The fourth-order valence-corrected chi connectivity index (χ4v) is 2.91. The number of carbonyl (C=O) groups is 1. The van der Waals surface area contributed by atoms with Gasteiger partial charge in [-0.2, -0.15) is 0 Å². The number of nitrogens with one attached hydrogen (secondary N) is 2. The van der Waals surface area contributed by atoms with Gasteiger partial charge in [-0.1, -0.05) is 42.5 Å². The van der Waals surface area contributed by atoms with Crippen LogP contribution >= 0.6 is 0 Å². The lowest BCUT2D eigenvalue weighted by atomic mass is 10.1. The van der Waals surface area contributed by atoms with E-state index >= 15 is 0 Å². The topological polar surface area (TPSA) is 71.2 Å². The first-order valence-corrected chi connectivity index (χ1v) is 8.89. The third-order valence-electron chi connectivity index (χ3n) is 4.39. The summed E-state index contributed by atoms with van der Waals surface area (Å²) in [5, 5.41) is 3.24. The molecule has 0 unspecified atom stereocenters. The van der Waals surface area contributed by atoms with Gasteiger partial charge in [-0.15, -0.1) is 0 Å². The first-order chi connectivity index (χ1) is 13.7. The van der Waals surface area contributed by atoms with Gasteiger partial charge >= 0.3 is 0 Å². The Morgan fingerprint density at radius 3 is 2.39 bits per heavy atom. The fourth-order valence-electron chi connectivity index (χ4n) is 2.91. The Morgan fingerprint density at radius 1 is 0.893 bits per heavy atom. The summed E-state index contributed by atoms with van der Waals surface area (Å²) in [4.78, 5) is 28.0. The Labute approximate surface area is 161 Å². The number of hydrogen-bond acceptors (Lipinski definition) is 3. The van der Waals surface area contributed by atoms with Crippen LogP contribution in [-0.4, -0.2) is 10.9 Å². The van der Waals surface area contributed by atoms with E-state index < -0.39 is 5.91 Å². The number of benzene rings is 3. The van der Waals surface area contributed by atoms with Crippen molar-refractivity contribution in [2.24, 2.45) is 0 Å². The largest absolute Gasteiger partial charge is 0.489 e. The van der Waals surface area contributed by atoms with Gasteiger partial charge in [0.2, 0.25) is 5.43 Å². The smallest absolute Gasteiger partial charge is 0.261 e. The molecule has 2 N–H and O–H groups in total. The molecule has 0 fully saturated rings. The lowest BCUT2D eigenvalue weighted by Gasteiger charge is -2.09. The maximum absolute atomic E-state index is 12.5. The van der Waals surface area contributed by atoms with Gasteiger partial charge in [0.1, 0.15) is 17.9 Å². The van der Waals surface area contributed by atoms with Crippen molar-refractivity contribution in [3.05, 3.63) is 106 Å². The van der Waals surface area contributed by atoms with Crippen LogP contribution in [0.5, 0.6) is 5.75 Å². The third-order valence-corrected chi connectivity index (χ3v) is 4.39. The predicted molar refractivity (Wildman–Crippen MR) is 110 cm³/mol. The number of pyridine rings is 1. The number of carbonyl (C=O) groups excluding carboxylic acids is 1. The summed E-state index contributed by atoms with van der Waals surface area (Å²) in [6.07, 6.45) is 1.44. The SMILES string of the molecule is O=C(Nc1ccc(OCc2ccccc2)cc1)c1c[nH]c2ccccc2c1=O. The van der Waals surface area contributed by atoms with Gasteiger partial charge in [-0.3, -0.25) is 9.59 Å². The molecule has 1 amide bonds. The molecule has 0 atom stereocenters. The Morgan fingerprint density at radius 2 is 1.61 bits per heavy atom. The van der Waals surface area contributed by atoms with E-state index in [1.807, 2.05) is 36.4 Å². The monoisotopic (exact) mass is 370 g/mol. The number of aromatic nitrogens is 1. The quantitative estimate of drug-likeness (QED) is 0.548. The number of anilines is 1. The van der Waals surface area contributed by atoms with Gasteiger partial charge in [-0.25, -0.2) is 0 Å². The Bertz CT molecular complexity index is 1170. The van der Waals surface area contributed by atoms with Crippen LogP contribution in [0.3, 0.4) is 0 Å². The number of rotatable bonds is 5. The van der Waals surface area contributed by atoms with E-state index in [-0.39, 0.29) is 11.0 Å². The first-order valence-electron chi connectivity index (χ1n) is 8.89. The molecule has 0 spiro atoms. The lowest BCUT2D eigenvalue weighted by molar-refractivity contribution is 0.102. The molecule has 5 heteroatoms. The van der Waals surface area contributed by atoms with Crippen molar-refractivity contribution in [2.75, 3.05) is 5.32 Å². The molecule has 4 rings (SSSR count). The Balaban J connectivity index is 1.45. The van der Waals surface area contributed by atoms with Crippen LogP contribution in [0.2, 0.25) is 0 Å². The zero-order valence-electron chi connectivity index (χ0n) is 15.0. The van der Waals surface area contributed by atoms with Gasteiger partial charge in [0.15, 0.2) is 0 Å². The predicted octanol–water partition coefficient (Wildman–Crippen LogP) is 4.36. The average molecular weight is 370 g/mol. The van der Waals surface area contributed by atoms with Crippen molar-refractivity contribution in [1.29, 1.82) is 0 Å². The fraction of sp³-hybridized carbons (Fsp3) is 0.0435. The molecule has 28 heavy (non-hydrogen) atoms. The molecule has 0 aliphatic rings. The van der Waals surface area contributed by atoms with Gasteiger partial charge in [0.25, 0.3) is 5.91 Å². The normalized spacial score (nSPS) is 10.6. The van der Waals surface area contributed by atoms with Crippen molar-refractivity contribution >= 4 is 22.5 Å². The average Bonchev–Trinajstić information content (AvgIpc) is 2.74. The number of fused-ring (bicyclic) bond motifs is 1. The van der Waals surface area contributed by atoms with Crippen molar-refractivity contribution in [1.82, 2.24) is 4.98 Å². The standard InChI is InChI=1S/C23H18N2O3/c26-22-19-8-4-5-9-21(19)24-14-20(22)23(27)25-17-10-12-18(13-11-17)28-15-16-6-2-1-3-7-16/h1-14H,15H2,(H,24,26)(H,25,27). The van der Waals surface area contributed by atoms with Gasteiger partial charge in [-0.05, 0) is 42.0 Å². The molecule has 5 nitrogen and oxygen atoms in total. The van der Waals surface area contributed by atoms with E-state index in [2.05, 4.69) is 10.3 Å². The minimum absolute atomic E-state index is 0.0723. The number of H-pyrrole nitrogens is 1. The van der Waals surface area contributed by atoms with E-state index in [0.717, 1.165) is 5.56 Å². The van der Waals surface area contributed by atoms with Crippen LogP contribution in [0.15, 0.2) is 89.9 Å². The highest BCUT2D eigenvalue weighted by atomic mass is 16.5. The van der Waals surface area contributed by atoms with Crippen LogP contribution in [-0.2, 0) is 6.61 Å². The van der Waals surface area contributed by atoms with E-state index in [1.54, 1.807) is 42.5 Å². The van der Waals surface area contributed by atoms with Gasteiger partial charge < -0.3 is 15.0 Å². The first kappa shape index (κ1) is 17.5. The second-order valence-electron chi connectivity index (χ2n) is 6.33. The van der Waals surface area contributed by atoms with Crippen LogP contribution in [0.1, 0.15) is 15.9 Å². The molecule has 0 bridgehead atoms. The molecule has 0 aliphatic heterocycles. The number of hydrogen-bond donors (Lipinski definition) is 2. The number of para-hydroxylation sites is 1.